The molecule has 0 aliphatic carbocycles. The van der Waals surface area contributed by atoms with Crippen LogP contribution in [0.2, 0.25) is 0 Å². The summed E-state index contributed by atoms with van der Waals surface area (Å²) in [6, 6.07) is 29.1. The maximum Gasteiger partial charge on any atom is 0.264 e. The molecule has 7 nitrogen and oxygen atoms in total. The van der Waals surface area contributed by atoms with Crippen LogP contribution in [0.4, 0.5) is 5.69 Å². The first-order valence-corrected chi connectivity index (χ1v) is 13.9. The minimum absolute atomic E-state index is 0.111. The van der Waals surface area contributed by atoms with Crippen molar-refractivity contribution in [2.45, 2.75) is 32.3 Å². The number of carbonyl (C=O) groups is 1. The number of nitrogens with zero attached hydrogens (tertiary/aromatic N) is 2. The summed E-state index contributed by atoms with van der Waals surface area (Å²) < 4.78 is 34.1. The number of nitrogens with one attached hydrogen (secondary N) is 1. The lowest BCUT2D eigenvalue weighted by molar-refractivity contribution is -0.119. The molecule has 0 saturated carbocycles. The van der Waals surface area contributed by atoms with Crippen molar-refractivity contribution in [3.05, 3.63) is 125 Å². The zero-order chi connectivity index (χ0) is 27.8. The van der Waals surface area contributed by atoms with Crippen LogP contribution < -0.4 is 14.5 Å². The van der Waals surface area contributed by atoms with E-state index < -0.39 is 22.5 Å². The fraction of sp³-hybridized carbons (Fsp3) is 0.161. The zero-order valence-corrected chi connectivity index (χ0v) is 23.0. The predicted octanol–water partition coefficient (Wildman–Crippen LogP) is 5.54. The zero-order valence-electron chi connectivity index (χ0n) is 22.2. The van der Waals surface area contributed by atoms with Gasteiger partial charge >= 0.3 is 0 Å². The van der Waals surface area contributed by atoms with Crippen LogP contribution in [-0.4, -0.2) is 27.1 Å². The van der Waals surface area contributed by atoms with Gasteiger partial charge in [0.05, 0.1) is 16.8 Å². The van der Waals surface area contributed by atoms with Crippen LogP contribution in [0.3, 0.4) is 0 Å². The molecule has 39 heavy (non-hydrogen) atoms. The number of anilines is 1. The Bertz CT molecular complexity index is 1550. The average molecular weight is 542 g/mol. The second kappa shape index (κ2) is 12.4. The van der Waals surface area contributed by atoms with Gasteiger partial charge in [0, 0.05) is 0 Å². The van der Waals surface area contributed by atoms with E-state index in [1.807, 2.05) is 81.4 Å². The van der Waals surface area contributed by atoms with E-state index in [1.54, 1.807) is 36.4 Å². The lowest BCUT2D eigenvalue weighted by atomic mass is 10.1. The number of carbonyl (C=O) groups excluding carboxylic acids is 1. The third-order valence-corrected chi connectivity index (χ3v) is 8.05. The molecule has 0 radical (unpaired) electrons. The molecular weight excluding hydrogens is 510 g/mol. The molecule has 4 aromatic rings. The van der Waals surface area contributed by atoms with Crippen molar-refractivity contribution in [1.29, 1.82) is 0 Å². The number of hydrogen-bond donors (Lipinski definition) is 1. The standard InChI is InChI=1S/C31H31N3O4S/c1-23-12-18-29(19-13-23)39(36,37)34(30-11-7-8-24(2)25(30)3)21-31(35)33-32-20-26-14-16-28(17-15-26)38-22-27-9-5-4-6-10-27/h4-20H,21-22H2,1-3H3,(H,33,35)/b32-20-. The van der Waals surface area contributed by atoms with Gasteiger partial charge in [-0.1, -0.05) is 60.2 Å². The van der Waals surface area contributed by atoms with Crippen LogP contribution in [0.5, 0.6) is 5.75 Å². The van der Waals surface area contributed by atoms with E-state index >= 15 is 0 Å². The first-order chi connectivity index (χ1) is 18.7. The van der Waals surface area contributed by atoms with Crippen LogP contribution in [-0.2, 0) is 21.4 Å². The van der Waals surface area contributed by atoms with Crippen molar-refractivity contribution in [3.63, 3.8) is 0 Å². The van der Waals surface area contributed by atoms with Crippen molar-refractivity contribution >= 4 is 27.8 Å². The molecule has 0 spiro atoms. The number of rotatable bonds is 10. The summed E-state index contributed by atoms with van der Waals surface area (Å²) in [4.78, 5) is 13.0. The molecule has 0 aromatic heterocycles. The molecule has 0 atom stereocenters. The van der Waals surface area contributed by atoms with Gasteiger partial charge in [-0.2, -0.15) is 5.10 Å². The Hall–Kier alpha value is -4.43. The quantitative estimate of drug-likeness (QED) is 0.211. The Morgan fingerprint density at radius 2 is 1.56 bits per heavy atom. The second-order valence-corrected chi connectivity index (χ2v) is 11.0. The molecule has 0 aliphatic rings. The van der Waals surface area contributed by atoms with Gasteiger partial charge in [0.15, 0.2) is 0 Å². The molecule has 0 unspecified atom stereocenters. The Kier molecular flexibility index (Phi) is 8.78. The maximum absolute atomic E-state index is 13.6. The van der Waals surface area contributed by atoms with Crippen molar-refractivity contribution in [2.24, 2.45) is 5.10 Å². The largest absolute Gasteiger partial charge is 0.489 e. The molecular formula is C31H31N3O4S. The highest BCUT2D eigenvalue weighted by Gasteiger charge is 2.28. The normalized spacial score (nSPS) is 11.4. The highest BCUT2D eigenvalue weighted by atomic mass is 32.2. The minimum Gasteiger partial charge on any atom is -0.489 e. The number of benzene rings is 4. The summed E-state index contributed by atoms with van der Waals surface area (Å²) in [5.74, 6) is 0.149. The summed E-state index contributed by atoms with van der Waals surface area (Å²) in [5.41, 5.74) is 7.36. The van der Waals surface area contributed by atoms with Crippen LogP contribution in [0.15, 0.2) is 107 Å². The third kappa shape index (κ3) is 7.12. The van der Waals surface area contributed by atoms with Gasteiger partial charge in [0.1, 0.15) is 18.9 Å². The van der Waals surface area contributed by atoms with Crippen LogP contribution >= 0.6 is 0 Å². The van der Waals surface area contributed by atoms with Gasteiger partial charge in [-0.15, -0.1) is 0 Å². The van der Waals surface area contributed by atoms with E-state index in [1.165, 1.54) is 6.21 Å². The van der Waals surface area contributed by atoms with Gasteiger partial charge in [0.25, 0.3) is 15.9 Å². The highest BCUT2D eigenvalue weighted by molar-refractivity contribution is 7.92. The third-order valence-electron chi connectivity index (χ3n) is 6.27. The van der Waals surface area contributed by atoms with Gasteiger partial charge in [-0.05, 0) is 85.5 Å². The number of ether oxygens (including phenoxy) is 1. The number of hydrogen-bond acceptors (Lipinski definition) is 5. The van der Waals surface area contributed by atoms with Gasteiger partial charge in [-0.25, -0.2) is 13.8 Å². The topological polar surface area (TPSA) is 88.1 Å². The van der Waals surface area contributed by atoms with E-state index in [0.29, 0.717) is 18.0 Å². The highest BCUT2D eigenvalue weighted by Crippen LogP contribution is 2.28. The van der Waals surface area contributed by atoms with Crippen molar-refractivity contribution in [3.8, 4) is 5.75 Å². The van der Waals surface area contributed by atoms with Crippen LogP contribution in [0, 0.1) is 20.8 Å². The van der Waals surface area contributed by atoms with Crippen molar-refractivity contribution in [1.82, 2.24) is 5.43 Å². The molecule has 0 heterocycles. The van der Waals surface area contributed by atoms with Crippen LogP contribution in [0.25, 0.3) is 0 Å². The Morgan fingerprint density at radius 1 is 0.872 bits per heavy atom. The molecule has 4 rings (SSSR count). The van der Waals surface area contributed by atoms with Crippen LogP contribution in [0.1, 0.15) is 27.8 Å². The fourth-order valence-electron chi connectivity index (χ4n) is 3.88. The predicted molar refractivity (Wildman–Crippen MR) is 155 cm³/mol. The van der Waals surface area contributed by atoms with Gasteiger partial charge in [0.2, 0.25) is 0 Å². The molecule has 0 saturated heterocycles. The molecule has 1 amide bonds. The first-order valence-electron chi connectivity index (χ1n) is 12.5. The number of sulfonamides is 1. The summed E-state index contributed by atoms with van der Waals surface area (Å²) in [6.07, 6.45) is 1.50. The monoisotopic (exact) mass is 541 g/mol. The average Bonchev–Trinajstić information content (AvgIpc) is 2.94. The Labute approximate surface area is 229 Å². The van der Waals surface area contributed by atoms with Gasteiger partial charge in [-0.3, -0.25) is 9.10 Å². The number of amides is 1. The lowest BCUT2D eigenvalue weighted by Gasteiger charge is -2.26. The maximum atomic E-state index is 13.6. The molecule has 0 bridgehead atoms. The number of hydrazone groups is 1. The summed E-state index contributed by atoms with van der Waals surface area (Å²) in [7, 11) is -4.01. The van der Waals surface area contributed by atoms with E-state index in [-0.39, 0.29) is 4.90 Å². The van der Waals surface area contributed by atoms with E-state index in [0.717, 1.165) is 32.1 Å². The molecule has 0 fully saturated rings. The van der Waals surface area contributed by atoms with Crippen molar-refractivity contribution < 1.29 is 17.9 Å². The minimum atomic E-state index is -4.01. The summed E-state index contributed by atoms with van der Waals surface area (Å²) in [6.45, 7) is 5.66. The summed E-state index contributed by atoms with van der Waals surface area (Å²) >= 11 is 0. The smallest absolute Gasteiger partial charge is 0.264 e. The molecule has 0 aliphatic heterocycles. The Morgan fingerprint density at radius 3 is 2.26 bits per heavy atom. The van der Waals surface area contributed by atoms with E-state index in [2.05, 4.69) is 10.5 Å². The van der Waals surface area contributed by atoms with Gasteiger partial charge < -0.3 is 4.74 Å². The van der Waals surface area contributed by atoms with E-state index in [4.69, 9.17) is 4.74 Å². The number of aryl methyl sites for hydroxylation is 2. The SMILES string of the molecule is Cc1ccc(S(=O)(=O)N(CC(=O)N/N=C\c2ccc(OCc3ccccc3)cc2)c2cccc(C)c2C)cc1. The Balaban J connectivity index is 1.44. The molecule has 4 aromatic carbocycles. The molecule has 8 heteroatoms. The second-order valence-electron chi connectivity index (χ2n) is 9.18. The first kappa shape index (κ1) is 27.6. The van der Waals surface area contributed by atoms with E-state index in [9.17, 15) is 13.2 Å². The fourth-order valence-corrected chi connectivity index (χ4v) is 5.36. The lowest BCUT2D eigenvalue weighted by Crippen LogP contribution is -2.40. The summed E-state index contributed by atoms with van der Waals surface area (Å²) in [5, 5.41) is 4.03. The molecule has 200 valence electrons. The molecule has 1 N–H and O–H groups in total. The van der Waals surface area contributed by atoms with Crippen molar-refractivity contribution in [2.75, 3.05) is 10.8 Å².